The van der Waals surface area contributed by atoms with E-state index in [9.17, 15) is 14.7 Å². The molecule has 0 spiro atoms. The van der Waals surface area contributed by atoms with Gasteiger partial charge in [-0.2, -0.15) is 0 Å². The summed E-state index contributed by atoms with van der Waals surface area (Å²) in [6.45, 7) is 5.71. The van der Waals surface area contributed by atoms with Crippen molar-refractivity contribution in [1.29, 1.82) is 0 Å². The molecule has 0 heterocycles. The predicted molar refractivity (Wildman–Crippen MR) is 82.9 cm³/mol. The number of carbonyl (C=O) groups excluding carboxylic acids is 2. The number of hydrogen-bond acceptors (Lipinski definition) is 5. The van der Waals surface area contributed by atoms with Crippen LogP contribution in [0.4, 0.5) is 0 Å². The molecule has 1 aliphatic carbocycles. The van der Waals surface area contributed by atoms with Gasteiger partial charge in [0.1, 0.15) is 0 Å². The van der Waals surface area contributed by atoms with E-state index >= 15 is 0 Å². The summed E-state index contributed by atoms with van der Waals surface area (Å²) in [4.78, 5) is 24.5. The van der Waals surface area contributed by atoms with Gasteiger partial charge in [0.2, 0.25) is 0 Å². The summed E-state index contributed by atoms with van der Waals surface area (Å²) in [6.07, 6.45) is 7.21. The molecule has 1 N–H and O–H groups in total. The maximum absolute atomic E-state index is 12.3. The lowest BCUT2D eigenvalue weighted by Gasteiger charge is -2.24. The Kier molecular flexibility index (Phi) is 6.81. The zero-order chi connectivity index (χ0) is 16.8. The summed E-state index contributed by atoms with van der Waals surface area (Å²) in [7, 11) is 2.54. The molecule has 5 nitrogen and oxygen atoms in total. The summed E-state index contributed by atoms with van der Waals surface area (Å²) in [6, 6.07) is 0. The van der Waals surface area contributed by atoms with Crippen LogP contribution in [0.2, 0.25) is 0 Å². The first-order valence-corrected chi connectivity index (χ1v) is 7.57. The molecule has 0 saturated heterocycles. The molecule has 3 atom stereocenters. The molecule has 1 saturated carbocycles. The summed E-state index contributed by atoms with van der Waals surface area (Å²) >= 11 is 0. The molecule has 0 bridgehead atoms. The highest BCUT2D eigenvalue weighted by molar-refractivity contribution is 6.00. The van der Waals surface area contributed by atoms with Gasteiger partial charge in [0.15, 0.2) is 5.41 Å². The van der Waals surface area contributed by atoms with Crippen molar-refractivity contribution in [3.05, 3.63) is 24.8 Å². The zero-order valence-electron chi connectivity index (χ0n) is 13.6. The molecule has 0 radical (unpaired) electrons. The van der Waals surface area contributed by atoms with E-state index in [0.29, 0.717) is 12.8 Å². The first-order chi connectivity index (χ1) is 10.5. The molecule has 22 heavy (non-hydrogen) atoms. The quantitative estimate of drug-likeness (QED) is 0.443. The molecule has 1 fully saturated rings. The fourth-order valence-electron chi connectivity index (χ4n) is 3.37. The second-order valence-electron chi connectivity index (χ2n) is 5.72. The van der Waals surface area contributed by atoms with E-state index in [1.54, 1.807) is 6.08 Å². The molecule has 5 heteroatoms. The van der Waals surface area contributed by atoms with Gasteiger partial charge in [0.25, 0.3) is 0 Å². The molecular weight excluding hydrogens is 284 g/mol. The molecule has 0 unspecified atom stereocenters. The van der Waals surface area contributed by atoms with Crippen molar-refractivity contribution in [1.82, 2.24) is 0 Å². The van der Waals surface area contributed by atoms with Crippen LogP contribution < -0.4 is 0 Å². The normalized spacial score (nSPS) is 24.9. The van der Waals surface area contributed by atoms with E-state index in [1.807, 2.05) is 19.1 Å². The largest absolute Gasteiger partial charge is 0.468 e. The SMILES string of the molecule is C=C[C@@H](CO)[C@@H]1CC(C(=O)OC)(C(=O)OC)C[C@H]1/C=C/CC. The van der Waals surface area contributed by atoms with Crippen molar-refractivity contribution in [3.63, 3.8) is 0 Å². The third kappa shape index (κ3) is 3.40. The van der Waals surface area contributed by atoms with Crippen LogP contribution in [0, 0.1) is 23.2 Å². The third-order valence-corrected chi connectivity index (χ3v) is 4.55. The molecule has 1 rings (SSSR count). The number of aliphatic hydroxyl groups is 1. The monoisotopic (exact) mass is 310 g/mol. The van der Waals surface area contributed by atoms with Gasteiger partial charge in [-0.3, -0.25) is 9.59 Å². The van der Waals surface area contributed by atoms with Gasteiger partial charge in [0.05, 0.1) is 14.2 Å². The van der Waals surface area contributed by atoms with Gasteiger partial charge in [-0.15, -0.1) is 6.58 Å². The average molecular weight is 310 g/mol. The van der Waals surface area contributed by atoms with E-state index in [4.69, 9.17) is 9.47 Å². The van der Waals surface area contributed by atoms with Crippen LogP contribution in [0.5, 0.6) is 0 Å². The Hall–Kier alpha value is -1.62. The lowest BCUT2D eigenvalue weighted by molar-refractivity contribution is -0.169. The molecule has 1 aliphatic rings. The number of aliphatic hydroxyl groups excluding tert-OH is 1. The molecular formula is C17H26O5. The fourth-order valence-corrected chi connectivity index (χ4v) is 3.37. The van der Waals surface area contributed by atoms with E-state index < -0.39 is 17.4 Å². The lowest BCUT2D eigenvalue weighted by Crippen LogP contribution is -2.39. The van der Waals surface area contributed by atoms with Crippen molar-refractivity contribution in [2.45, 2.75) is 26.2 Å². The molecule has 0 aromatic carbocycles. The Morgan fingerprint density at radius 3 is 2.32 bits per heavy atom. The van der Waals surface area contributed by atoms with Crippen molar-refractivity contribution < 1.29 is 24.2 Å². The van der Waals surface area contributed by atoms with Gasteiger partial charge in [-0.25, -0.2) is 0 Å². The first kappa shape index (κ1) is 18.4. The fraction of sp³-hybridized carbons (Fsp3) is 0.647. The number of allylic oxidation sites excluding steroid dienone is 2. The Labute approximate surface area is 132 Å². The highest BCUT2D eigenvalue weighted by atomic mass is 16.5. The first-order valence-electron chi connectivity index (χ1n) is 7.57. The van der Waals surface area contributed by atoms with Crippen LogP contribution in [0.1, 0.15) is 26.2 Å². The van der Waals surface area contributed by atoms with E-state index in [-0.39, 0.29) is 24.4 Å². The summed E-state index contributed by atoms with van der Waals surface area (Å²) < 4.78 is 9.71. The Morgan fingerprint density at radius 1 is 1.32 bits per heavy atom. The maximum atomic E-state index is 12.3. The van der Waals surface area contributed by atoms with Gasteiger partial charge in [-0.1, -0.05) is 25.2 Å². The highest BCUT2D eigenvalue weighted by Crippen LogP contribution is 2.50. The standard InChI is InChI=1S/C17H26O5/c1-5-7-8-13-9-17(15(19)21-3,16(20)22-4)10-14(13)12(6-2)11-18/h6-8,12-14,18H,2,5,9-11H2,1,3-4H3/b8-7+/t12-,13+,14-/m0/s1. The van der Waals surface area contributed by atoms with Gasteiger partial charge in [0, 0.05) is 12.5 Å². The van der Waals surface area contributed by atoms with Crippen molar-refractivity contribution in [3.8, 4) is 0 Å². The number of ether oxygens (including phenoxy) is 2. The minimum absolute atomic E-state index is 0.00620. The highest BCUT2D eigenvalue weighted by Gasteiger charge is 2.57. The van der Waals surface area contributed by atoms with Crippen LogP contribution in [0.3, 0.4) is 0 Å². The van der Waals surface area contributed by atoms with Crippen LogP contribution in [0.15, 0.2) is 24.8 Å². The number of methoxy groups -OCH3 is 2. The third-order valence-electron chi connectivity index (χ3n) is 4.55. The lowest BCUT2D eigenvalue weighted by atomic mass is 9.82. The zero-order valence-corrected chi connectivity index (χ0v) is 13.6. The number of hydrogen-bond donors (Lipinski definition) is 1. The minimum Gasteiger partial charge on any atom is -0.468 e. The summed E-state index contributed by atoms with van der Waals surface area (Å²) in [5.74, 6) is -1.38. The van der Waals surface area contributed by atoms with Crippen molar-refractivity contribution in [2.75, 3.05) is 20.8 Å². The summed E-state index contributed by atoms with van der Waals surface area (Å²) in [5.41, 5.74) is -1.30. The number of carbonyl (C=O) groups is 2. The second-order valence-corrected chi connectivity index (χ2v) is 5.72. The number of rotatable bonds is 7. The van der Waals surface area contributed by atoms with E-state index in [2.05, 4.69) is 6.58 Å². The smallest absolute Gasteiger partial charge is 0.323 e. The van der Waals surface area contributed by atoms with Crippen LogP contribution in [0.25, 0.3) is 0 Å². The molecule has 0 aromatic rings. The number of esters is 2. The predicted octanol–water partition coefficient (Wildman–Crippen LogP) is 2.11. The Morgan fingerprint density at radius 2 is 1.91 bits per heavy atom. The van der Waals surface area contributed by atoms with E-state index in [0.717, 1.165) is 6.42 Å². The topological polar surface area (TPSA) is 72.8 Å². The van der Waals surface area contributed by atoms with E-state index in [1.165, 1.54) is 14.2 Å². The second kappa shape index (κ2) is 8.13. The summed E-state index contributed by atoms with van der Waals surface area (Å²) in [5, 5.41) is 9.56. The van der Waals surface area contributed by atoms with Gasteiger partial charge in [-0.05, 0) is 31.1 Å². The molecule has 0 amide bonds. The van der Waals surface area contributed by atoms with Crippen LogP contribution in [-0.4, -0.2) is 37.9 Å². The Balaban J connectivity index is 3.22. The minimum atomic E-state index is -1.30. The average Bonchev–Trinajstić information content (AvgIpc) is 2.93. The molecule has 0 aromatic heterocycles. The van der Waals surface area contributed by atoms with Crippen molar-refractivity contribution in [2.24, 2.45) is 23.2 Å². The molecule has 124 valence electrons. The van der Waals surface area contributed by atoms with Crippen molar-refractivity contribution >= 4 is 11.9 Å². The van der Waals surface area contributed by atoms with Gasteiger partial charge >= 0.3 is 11.9 Å². The van der Waals surface area contributed by atoms with Gasteiger partial charge < -0.3 is 14.6 Å². The maximum Gasteiger partial charge on any atom is 0.323 e. The molecule has 0 aliphatic heterocycles. The Bertz CT molecular complexity index is 424. The van der Waals surface area contributed by atoms with Crippen LogP contribution >= 0.6 is 0 Å². The van der Waals surface area contributed by atoms with Crippen LogP contribution in [-0.2, 0) is 19.1 Å².